The molecule has 234 valence electrons. The maximum absolute atomic E-state index is 13.7. The molecule has 4 aromatic rings. The molecule has 6 rings (SSSR count). The Labute approximate surface area is 267 Å². The zero-order chi connectivity index (χ0) is 31.1. The van der Waals surface area contributed by atoms with Crippen molar-refractivity contribution in [1.29, 1.82) is 0 Å². The second-order valence-electron chi connectivity index (χ2n) is 13.3. The van der Waals surface area contributed by atoms with Crippen LogP contribution in [0.5, 0.6) is 0 Å². The summed E-state index contributed by atoms with van der Waals surface area (Å²) in [4.78, 5) is 30.0. The molecule has 1 fully saturated rings. The van der Waals surface area contributed by atoms with E-state index in [-0.39, 0.29) is 11.5 Å². The van der Waals surface area contributed by atoms with Gasteiger partial charge in [0.1, 0.15) is 17.9 Å². The zero-order valence-electron chi connectivity index (χ0n) is 26.0. The van der Waals surface area contributed by atoms with Crippen LogP contribution in [0, 0.1) is 0 Å². The lowest BCUT2D eigenvalue weighted by Gasteiger charge is -2.35. The van der Waals surface area contributed by atoms with Gasteiger partial charge >= 0.3 is 5.97 Å². The molecule has 0 unspecified atom stereocenters. The number of aldehydes is 1. The smallest absolute Gasteiger partial charge is 0.349 e. The summed E-state index contributed by atoms with van der Waals surface area (Å²) in [6.07, 6.45) is 8.11. The number of benzene rings is 1. The lowest BCUT2D eigenvalue weighted by molar-refractivity contribution is -0.169. The van der Waals surface area contributed by atoms with Gasteiger partial charge in [-0.15, -0.1) is 27.8 Å². The van der Waals surface area contributed by atoms with E-state index in [9.17, 15) is 14.7 Å². The van der Waals surface area contributed by atoms with Crippen molar-refractivity contribution in [2.24, 2.45) is 0 Å². The summed E-state index contributed by atoms with van der Waals surface area (Å²) >= 11 is 2.85. The van der Waals surface area contributed by atoms with Gasteiger partial charge in [-0.1, -0.05) is 32.1 Å². The summed E-state index contributed by atoms with van der Waals surface area (Å²) < 4.78 is 8.07. The molecule has 0 saturated heterocycles. The second-order valence-corrected chi connectivity index (χ2v) is 15.4. The van der Waals surface area contributed by atoms with E-state index in [1.54, 1.807) is 0 Å². The van der Waals surface area contributed by atoms with Gasteiger partial charge in [0.15, 0.2) is 0 Å². The molecule has 10 heteroatoms. The Balaban J connectivity index is 1.04. The third-order valence-corrected chi connectivity index (χ3v) is 11.9. The van der Waals surface area contributed by atoms with Crippen molar-refractivity contribution in [2.45, 2.75) is 102 Å². The van der Waals surface area contributed by atoms with Gasteiger partial charge < -0.3 is 14.7 Å². The van der Waals surface area contributed by atoms with Crippen molar-refractivity contribution >= 4 is 46.0 Å². The Morgan fingerprint density at radius 3 is 2.55 bits per heavy atom. The molecule has 0 aliphatic heterocycles. The van der Waals surface area contributed by atoms with Gasteiger partial charge in [0.05, 0.1) is 15.3 Å². The number of rotatable bonds is 10. The lowest BCUT2D eigenvalue weighted by atomic mass is 9.91. The molecule has 3 aromatic heterocycles. The normalized spacial score (nSPS) is 20.1. The fourth-order valence-corrected chi connectivity index (χ4v) is 8.83. The molecule has 0 radical (unpaired) electrons. The molecule has 0 amide bonds. The summed E-state index contributed by atoms with van der Waals surface area (Å²) in [5.74, 6) is -0.578. The van der Waals surface area contributed by atoms with Gasteiger partial charge in [-0.25, -0.2) is 9.48 Å². The highest BCUT2D eigenvalue weighted by Gasteiger charge is 2.45. The molecule has 2 aliphatic rings. The molecular weight excluding hydrogens is 593 g/mol. The zero-order valence-corrected chi connectivity index (χ0v) is 27.7. The molecule has 8 nitrogen and oxygen atoms in total. The Hall–Kier alpha value is -2.92. The number of thiophene rings is 2. The minimum absolute atomic E-state index is 0.0716. The van der Waals surface area contributed by atoms with Crippen molar-refractivity contribution in [3.05, 3.63) is 67.0 Å². The van der Waals surface area contributed by atoms with Crippen LogP contribution in [0.2, 0.25) is 0 Å². The molecule has 1 saturated carbocycles. The number of fused-ring (bicyclic) bond motifs is 3. The molecule has 1 aromatic carbocycles. The van der Waals surface area contributed by atoms with E-state index in [0.717, 1.165) is 92.2 Å². The minimum Gasteiger partial charge on any atom is -0.460 e. The Morgan fingerprint density at radius 1 is 1.11 bits per heavy atom. The van der Waals surface area contributed by atoms with E-state index in [2.05, 4.69) is 43.0 Å². The Kier molecular flexibility index (Phi) is 8.80. The molecule has 0 spiro atoms. The number of hydrogen-bond donors (Lipinski definition) is 1. The van der Waals surface area contributed by atoms with Crippen molar-refractivity contribution in [3.63, 3.8) is 0 Å². The Morgan fingerprint density at radius 2 is 1.86 bits per heavy atom. The maximum atomic E-state index is 13.7. The van der Waals surface area contributed by atoms with Crippen LogP contribution in [0.15, 0.2) is 35.7 Å². The number of aliphatic hydroxyl groups is 1. The van der Waals surface area contributed by atoms with Crippen LogP contribution in [-0.2, 0) is 39.9 Å². The van der Waals surface area contributed by atoms with E-state index in [4.69, 9.17) is 4.74 Å². The fourth-order valence-electron chi connectivity index (χ4n) is 6.79. The number of aryl methyl sites for hydroxylation is 2. The van der Waals surface area contributed by atoms with Gasteiger partial charge in [-0.2, -0.15) is 0 Å². The predicted octanol–water partition coefficient (Wildman–Crippen LogP) is 6.27. The minimum atomic E-state index is -1.80. The highest BCUT2D eigenvalue weighted by atomic mass is 32.1. The van der Waals surface area contributed by atoms with E-state index in [1.165, 1.54) is 33.8 Å². The highest BCUT2D eigenvalue weighted by molar-refractivity contribution is 7.13. The molecule has 1 atom stereocenters. The van der Waals surface area contributed by atoms with E-state index < -0.39 is 11.6 Å². The van der Waals surface area contributed by atoms with Gasteiger partial charge in [0, 0.05) is 23.0 Å². The summed E-state index contributed by atoms with van der Waals surface area (Å²) in [5.41, 5.74) is 3.21. The van der Waals surface area contributed by atoms with E-state index in [1.807, 2.05) is 40.4 Å². The standard InChI is InChI=1S/C34H42N4O4S2/c1-33(2,3)28-15-16-30(44-28)34(41,29-10-6-19-43-29)32(40)42-24-13-11-23(12-14-24)37(4)17-7-18-38-31-26-9-5-8-25(26)22(21-39)20-27(31)35-36-38/h6,10,15-16,19-21,23-24,41H,5,7-9,11-14,17-18H2,1-4H3/t23?,24?,34-/m1/s1. The lowest BCUT2D eigenvalue weighted by Crippen LogP contribution is -2.42. The molecule has 3 heterocycles. The molecule has 44 heavy (non-hydrogen) atoms. The number of hydrogen-bond acceptors (Lipinski definition) is 9. The van der Waals surface area contributed by atoms with Crippen molar-refractivity contribution in [3.8, 4) is 0 Å². The van der Waals surface area contributed by atoms with Crippen molar-refractivity contribution < 1.29 is 19.4 Å². The van der Waals surface area contributed by atoms with Gasteiger partial charge in [0.25, 0.3) is 0 Å². The van der Waals surface area contributed by atoms with Gasteiger partial charge in [-0.05, 0) is 111 Å². The van der Waals surface area contributed by atoms with Gasteiger partial charge in [-0.3, -0.25) is 4.79 Å². The number of carbonyl (C=O) groups is 2. The highest BCUT2D eigenvalue weighted by Crippen LogP contribution is 2.41. The second kappa shape index (κ2) is 12.5. The van der Waals surface area contributed by atoms with Gasteiger partial charge in [0.2, 0.25) is 5.60 Å². The number of nitrogens with zero attached hydrogens (tertiary/aromatic N) is 4. The third-order valence-electron chi connectivity index (χ3n) is 9.33. The van der Waals surface area contributed by atoms with Crippen LogP contribution in [0.4, 0.5) is 0 Å². The topological polar surface area (TPSA) is 97.5 Å². The number of ether oxygens (including phenoxy) is 1. The molecule has 1 N–H and O–H groups in total. The van der Waals surface area contributed by atoms with Crippen LogP contribution in [0.1, 0.15) is 95.4 Å². The van der Waals surface area contributed by atoms with E-state index in [0.29, 0.717) is 15.8 Å². The fraction of sp³-hybridized carbons (Fsp3) is 0.529. The monoisotopic (exact) mass is 634 g/mol. The first-order valence-electron chi connectivity index (χ1n) is 15.7. The first-order valence-corrected chi connectivity index (χ1v) is 17.4. The number of esters is 1. The molecular formula is C34H42N4O4S2. The SMILES string of the molecule is CN(CCCn1nnc2cc(C=O)c3c(c21)CCC3)C1CCC(OC(=O)[C@@](O)(c2cccs2)c2ccc(C(C)(C)C)s2)CC1. The summed E-state index contributed by atoms with van der Waals surface area (Å²) in [6.45, 7) is 8.11. The average molecular weight is 635 g/mol. The Bertz CT molecular complexity index is 1630. The summed E-state index contributed by atoms with van der Waals surface area (Å²) in [7, 11) is 2.17. The van der Waals surface area contributed by atoms with Crippen LogP contribution in [-0.4, -0.2) is 63.0 Å². The molecule has 2 aliphatic carbocycles. The van der Waals surface area contributed by atoms with Crippen LogP contribution in [0.3, 0.4) is 0 Å². The van der Waals surface area contributed by atoms with E-state index >= 15 is 0 Å². The van der Waals surface area contributed by atoms with Crippen LogP contribution >= 0.6 is 22.7 Å². The predicted molar refractivity (Wildman–Crippen MR) is 175 cm³/mol. The first-order chi connectivity index (χ1) is 21.1. The third kappa shape index (κ3) is 5.89. The summed E-state index contributed by atoms with van der Waals surface area (Å²) in [6, 6.07) is 9.85. The van der Waals surface area contributed by atoms with Crippen LogP contribution in [0.25, 0.3) is 11.0 Å². The quantitative estimate of drug-likeness (QED) is 0.162. The largest absolute Gasteiger partial charge is 0.460 e. The number of carbonyl (C=O) groups excluding carboxylic acids is 2. The maximum Gasteiger partial charge on any atom is 0.349 e. The average Bonchev–Trinajstić information content (AvgIpc) is 3.83. The number of aromatic nitrogens is 3. The first kappa shape index (κ1) is 31.1. The van der Waals surface area contributed by atoms with Crippen molar-refractivity contribution in [1.82, 2.24) is 19.9 Å². The van der Waals surface area contributed by atoms with Crippen molar-refractivity contribution in [2.75, 3.05) is 13.6 Å². The van der Waals surface area contributed by atoms with Crippen LogP contribution < -0.4 is 0 Å². The summed E-state index contributed by atoms with van der Waals surface area (Å²) in [5, 5.41) is 22.6. The molecule has 0 bridgehead atoms.